The largest absolute Gasteiger partial charge is 0.492 e. The number of rotatable bonds is 5. The van der Waals surface area contributed by atoms with Crippen molar-refractivity contribution in [1.29, 1.82) is 0 Å². The van der Waals surface area contributed by atoms with Gasteiger partial charge in [0.15, 0.2) is 0 Å². The Hall–Kier alpha value is -1.97. The molecular weight excluding hydrogens is 228 g/mol. The summed E-state index contributed by atoms with van der Waals surface area (Å²) in [7, 11) is 0. The number of amides is 2. The first-order valence-electron chi connectivity index (χ1n) is 6.12. The molecular formula is C14H20N2O2. The van der Waals surface area contributed by atoms with Crippen molar-refractivity contribution in [2.75, 3.05) is 11.9 Å². The number of anilines is 1. The summed E-state index contributed by atoms with van der Waals surface area (Å²) in [5, 5.41) is 5.44. The fourth-order valence-corrected chi connectivity index (χ4v) is 1.30. The minimum absolute atomic E-state index is 0.269. The summed E-state index contributed by atoms with van der Waals surface area (Å²) in [6.45, 7) is 6.48. The lowest BCUT2D eigenvalue weighted by molar-refractivity contribution is 0.254. The molecule has 1 aromatic carbocycles. The second-order valence-corrected chi connectivity index (χ2v) is 3.87. The Morgan fingerprint density at radius 2 is 2.06 bits per heavy atom. The highest BCUT2D eigenvalue weighted by molar-refractivity contribution is 5.91. The highest BCUT2D eigenvalue weighted by Gasteiger charge is 2.05. The first kappa shape index (κ1) is 14.1. The summed E-state index contributed by atoms with van der Waals surface area (Å²) in [6.07, 6.45) is 2.62. The van der Waals surface area contributed by atoms with Crippen molar-refractivity contribution in [3.05, 3.63) is 36.0 Å². The van der Waals surface area contributed by atoms with E-state index < -0.39 is 0 Å². The van der Waals surface area contributed by atoms with Crippen molar-refractivity contribution in [2.24, 2.45) is 0 Å². The van der Waals surface area contributed by atoms with Gasteiger partial charge in [0, 0.05) is 6.20 Å². The van der Waals surface area contributed by atoms with Crippen LogP contribution >= 0.6 is 0 Å². The predicted octanol–water partition coefficient (Wildman–Crippen LogP) is 3.52. The second-order valence-electron chi connectivity index (χ2n) is 3.87. The number of urea groups is 1. The standard InChI is InChI=1S/C14H20N2O2/c1-4-11(3)10-15-14(17)16-12-8-6-7-9-13(12)18-5-2/h6-10H,4-5H2,1-3H3,(H2,15,16,17)/b11-10+. The number of ether oxygens (including phenoxy) is 1. The summed E-state index contributed by atoms with van der Waals surface area (Å²) in [6, 6.07) is 7.09. The van der Waals surface area contributed by atoms with Gasteiger partial charge in [0.1, 0.15) is 5.75 Å². The Morgan fingerprint density at radius 3 is 2.72 bits per heavy atom. The smallest absolute Gasteiger partial charge is 0.323 e. The van der Waals surface area contributed by atoms with Crippen LogP contribution in [-0.2, 0) is 0 Å². The van der Waals surface area contributed by atoms with Crippen molar-refractivity contribution in [3.8, 4) is 5.75 Å². The molecule has 0 aliphatic heterocycles. The molecule has 2 amide bonds. The van der Waals surface area contributed by atoms with Gasteiger partial charge < -0.3 is 15.4 Å². The Balaban J connectivity index is 2.64. The molecule has 1 rings (SSSR count). The lowest BCUT2D eigenvalue weighted by Crippen LogP contribution is -2.24. The Kier molecular flexibility index (Phi) is 5.77. The molecule has 0 atom stereocenters. The molecule has 0 spiro atoms. The topological polar surface area (TPSA) is 50.4 Å². The molecule has 0 bridgehead atoms. The number of allylic oxidation sites excluding steroid dienone is 1. The van der Waals surface area contributed by atoms with Gasteiger partial charge in [-0.15, -0.1) is 0 Å². The van der Waals surface area contributed by atoms with E-state index in [0.717, 1.165) is 12.0 Å². The van der Waals surface area contributed by atoms with E-state index >= 15 is 0 Å². The monoisotopic (exact) mass is 248 g/mol. The van der Waals surface area contributed by atoms with Gasteiger partial charge in [-0.3, -0.25) is 0 Å². The van der Waals surface area contributed by atoms with Gasteiger partial charge in [-0.05, 0) is 32.4 Å². The van der Waals surface area contributed by atoms with Crippen molar-refractivity contribution >= 4 is 11.7 Å². The number of hydrogen-bond donors (Lipinski definition) is 2. The zero-order valence-corrected chi connectivity index (χ0v) is 11.1. The highest BCUT2D eigenvalue weighted by atomic mass is 16.5. The molecule has 18 heavy (non-hydrogen) atoms. The van der Waals surface area contributed by atoms with Gasteiger partial charge in [0.2, 0.25) is 0 Å². The van der Waals surface area contributed by atoms with Crippen LogP contribution < -0.4 is 15.4 Å². The van der Waals surface area contributed by atoms with Crippen LogP contribution in [0.3, 0.4) is 0 Å². The van der Waals surface area contributed by atoms with Crippen molar-refractivity contribution in [2.45, 2.75) is 27.2 Å². The number of carbonyl (C=O) groups excluding carboxylic acids is 1. The SMILES string of the molecule is CCOc1ccccc1NC(=O)N/C=C(\C)CC. The molecule has 0 fully saturated rings. The average molecular weight is 248 g/mol. The van der Waals surface area contributed by atoms with Crippen molar-refractivity contribution in [1.82, 2.24) is 5.32 Å². The van der Waals surface area contributed by atoms with E-state index in [2.05, 4.69) is 10.6 Å². The first-order valence-corrected chi connectivity index (χ1v) is 6.12. The minimum Gasteiger partial charge on any atom is -0.492 e. The van der Waals surface area contributed by atoms with E-state index in [4.69, 9.17) is 4.74 Å². The quantitative estimate of drug-likeness (QED) is 0.837. The number of benzene rings is 1. The molecule has 2 N–H and O–H groups in total. The molecule has 4 heteroatoms. The van der Waals surface area contributed by atoms with Crippen LogP contribution in [0.2, 0.25) is 0 Å². The number of carbonyl (C=O) groups is 1. The van der Waals surface area contributed by atoms with Crippen molar-refractivity contribution < 1.29 is 9.53 Å². The summed E-state index contributed by atoms with van der Waals surface area (Å²) in [4.78, 5) is 11.7. The van der Waals surface area contributed by atoms with Crippen LogP contribution in [0.1, 0.15) is 27.2 Å². The Bertz CT molecular complexity index is 428. The van der Waals surface area contributed by atoms with E-state index in [9.17, 15) is 4.79 Å². The first-order chi connectivity index (χ1) is 8.67. The molecule has 0 saturated heterocycles. The maximum absolute atomic E-state index is 11.7. The molecule has 0 heterocycles. The van der Waals surface area contributed by atoms with E-state index in [-0.39, 0.29) is 6.03 Å². The fourth-order valence-electron chi connectivity index (χ4n) is 1.30. The van der Waals surface area contributed by atoms with Crippen LogP contribution in [0.15, 0.2) is 36.0 Å². The second kappa shape index (κ2) is 7.37. The molecule has 0 unspecified atom stereocenters. The van der Waals surface area contributed by atoms with E-state index in [0.29, 0.717) is 18.0 Å². The number of hydrogen-bond acceptors (Lipinski definition) is 2. The van der Waals surface area contributed by atoms with Crippen LogP contribution in [0.4, 0.5) is 10.5 Å². The lowest BCUT2D eigenvalue weighted by Gasteiger charge is -2.11. The molecule has 4 nitrogen and oxygen atoms in total. The van der Waals surface area contributed by atoms with Gasteiger partial charge in [-0.2, -0.15) is 0 Å². The summed E-state index contributed by atoms with van der Waals surface area (Å²) in [5.41, 5.74) is 1.78. The molecule has 98 valence electrons. The third-order valence-corrected chi connectivity index (χ3v) is 2.44. The third kappa shape index (κ3) is 4.49. The molecule has 0 aliphatic carbocycles. The molecule has 0 radical (unpaired) electrons. The van der Waals surface area contributed by atoms with Gasteiger partial charge in [-0.25, -0.2) is 4.79 Å². The average Bonchev–Trinajstić information content (AvgIpc) is 2.38. The lowest BCUT2D eigenvalue weighted by atomic mass is 10.2. The number of para-hydroxylation sites is 2. The fraction of sp³-hybridized carbons (Fsp3) is 0.357. The maximum Gasteiger partial charge on any atom is 0.323 e. The summed E-state index contributed by atoms with van der Waals surface area (Å²) < 4.78 is 5.43. The molecule has 1 aromatic rings. The van der Waals surface area contributed by atoms with Gasteiger partial charge in [0.05, 0.1) is 12.3 Å². The van der Waals surface area contributed by atoms with Crippen LogP contribution in [0.5, 0.6) is 5.75 Å². The van der Waals surface area contributed by atoms with Crippen LogP contribution in [0, 0.1) is 0 Å². The van der Waals surface area contributed by atoms with Crippen LogP contribution in [0.25, 0.3) is 0 Å². The van der Waals surface area contributed by atoms with E-state index in [1.807, 2.05) is 39.0 Å². The van der Waals surface area contributed by atoms with Gasteiger partial charge in [-0.1, -0.05) is 24.6 Å². The van der Waals surface area contributed by atoms with Crippen molar-refractivity contribution in [3.63, 3.8) is 0 Å². The maximum atomic E-state index is 11.7. The molecule has 0 aliphatic rings. The predicted molar refractivity (Wildman–Crippen MR) is 73.8 cm³/mol. The third-order valence-electron chi connectivity index (χ3n) is 2.44. The minimum atomic E-state index is -0.269. The normalized spacial score (nSPS) is 10.9. The molecule has 0 aromatic heterocycles. The summed E-state index contributed by atoms with van der Waals surface area (Å²) in [5.74, 6) is 0.673. The molecule has 0 saturated carbocycles. The zero-order chi connectivity index (χ0) is 13.4. The van der Waals surface area contributed by atoms with E-state index in [1.165, 1.54) is 0 Å². The van der Waals surface area contributed by atoms with E-state index in [1.54, 1.807) is 12.3 Å². The van der Waals surface area contributed by atoms with Gasteiger partial charge in [0.25, 0.3) is 0 Å². The zero-order valence-electron chi connectivity index (χ0n) is 11.1. The Morgan fingerprint density at radius 1 is 1.33 bits per heavy atom. The number of nitrogens with one attached hydrogen (secondary N) is 2. The highest BCUT2D eigenvalue weighted by Crippen LogP contribution is 2.23. The van der Waals surface area contributed by atoms with Gasteiger partial charge >= 0.3 is 6.03 Å². The van der Waals surface area contributed by atoms with Crippen LogP contribution in [-0.4, -0.2) is 12.6 Å². The Labute approximate surface area is 108 Å². The summed E-state index contributed by atoms with van der Waals surface area (Å²) >= 11 is 0.